The average molecular weight is 234 g/mol. The van der Waals surface area contributed by atoms with E-state index in [0.29, 0.717) is 12.0 Å². The van der Waals surface area contributed by atoms with Gasteiger partial charge in [-0.05, 0) is 18.9 Å². The number of hydrogen-bond acceptors (Lipinski definition) is 3. The second kappa shape index (κ2) is 5.07. The highest BCUT2D eigenvalue weighted by Gasteiger charge is 2.26. The van der Waals surface area contributed by atoms with Crippen LogP contribution in [-0.4, -0.2) is 31.1 Å². The molecule has 0 spiro atoms. The van der Waals surface area contributed by atoms with Gasteiger partial charge < -0.3 is 10.5 Å². The van der Waals surface area contributed by atoms with Crippen molar-refractivity contribution in [2.75, 3.05) is 20.2 Å². The number of nitrogens with zero attached hydrogens (tertiary/aromatic N) is 1. The third kappa shape index (κ3) is 2.79. The van der Waals surface area contributed by atoms with E-state index in [4.69, 9.17) is 10.5 Å². The van der Waals surface area contributed by atoms with E-state index in [-0.39, 0.29) is 0 Å². The minimum atomic E-state index is 0.311. The summed E-state index contributed by atoms with van der Waals surface area (Å²) in [4.78, 5) is 2.41. The summed E-state index contributed by atoms with van der Waals surface area (Å²) >= 11 is 0. The zero-order chi connectivity index (χ0) is 12.4. The molecule has 0 bridgehead atoms. The van der Waals surface area contributed by atoms with E-state index in [9.17, 15) is 0 Å². The molecule has 2 N–H and O–H groups in total. The molecule has 1 aliphatic heterocycles. The Morgan fingerprint density at radius 3 is 2.76 bits per heavy atom. The molecule has 0 aliphatic carbocycles. The minimum Gasteiger partial charge on any atom is -0.496 e. The summed E-state index contributed by atoms with van der Waals surface area (Å²) in [5.41, 5.74) is 8.58. The molecule has 2 unspecified atom stereocenters. The Morgan fingerprint density at radius 2 is 2.18 bits per heavy atom. The van der Waals surface area contributed by atoms with Crippen LogP contribution < -0.4 is 10.5 Å². The minimum absolute atomic E-state index is 0.311. The van der Waals surface area contributed by atoms with E-state index in [1.807, 2.05) is 6.07 Å². The first kappa shape index (κ1) is 12.4. The maximum absolute atomic E-state index is 6.05. The molecule has 1 aromatic carbocycles. The van der Waals surface area contributed by atoms with Gasteiger partial charge in [-0.1, -0.05) is 24.6 Å². The molecule has 94 valence electrons. The molecule has 1 aliphatic rings. The Kier molecular flexibility index (Phi) is 3.69. The average Bonchev–Trinajstić information content (AvgIpc) is 2.58. The lowest BCUT2D eigenvalue weighted by Crippen LogP contribution is -2.28. The maximum Gasteiger partial charge on any atom is 0.123 e. The van der Waals surface area contributed by atoms with E-state index in [0.717, 1.165) is 25.4 Å². The van der Waals surface area contributed by atoms with E-state index < -0.39 is 0 Å². The SMILES string of the molecule is COc1ccc(C)cc1CN1CC(C)C(N)C1. The quantitative estimate of drug-likeness (QED) is 0.866. The molecule has 0 saturated carbocycles. The second-order valence-electron chi connectivity index (χ2n) is 5.15. The van der Waals surface area contributed by atoms with Gasteiger partial charge in [0, 0.05) is 31.2 Å². The van der Waals surface area contributed by atoms with Crippen LogP contribution in [0.25, 0.3) is 0 Å². The monoisotopic (exact) mass is 234 g/mol. The molecule has 1 aromatic rings. The normalized spacial score (nSPS) is 25.2. The number of methoxy groups -OCH3 is 1. The zero-order valence-electron chi connectivity index (χ0n) is 10.9. The Morgan fingerprint density at radius 1 is 1.41 bits per heavy atom. The number of ether oxygens (including phenoxy) is 1. The van der Waals surface area contributed by atoms with Crippen LogP contribution >= 0.6 is 0 Å². The largest absolute Gasteiger partial charge is 0.496 e. The van der Waals surface area contributed by atoms with Crippen LogP contribution in [0.3, 0.4) is 0 Å². The molecular weight excluding hydrogens is 212 g/mol. The number of hydrogen-bond donors (Lipinski definition) is 1. The first-order valence-corrected chi connectivity index (χ1v) is 6.21. The summed E-state index contributed by atoms with van der Waals surface area (Å²) in [6.07, 6.45) is 0. The van der Waals surface area contributed by atoms with Gasteiger partial charge in [0.05, 0.1) is 7.11 Å². The van der Waals surface area contributed by atoms with Crippen molar-refractivity contribution < 1.29 is 4.74 Å². The zero-order valence-corrected chi connectivity index (χ0v) is 10.9. The van der Waals surface area contributed by atoms with Gasteiger partial charge in [-0.2, -0.15) is 0 Å². The molecule has 1 heterocycles. The van der Waals surface area contributed by atoms with Gasteiger partial charge in [-0.25, -0.2) is 0 Å². The molecule has 2 rings (SSSR count). The Hall–Kier alpha value is -1.06. The topological polar surface area (TPSA) is 38.5 Å². The third-order valence-electron chi connectivity index (χ3n) is 3.58. The van der Waals surface area contributed by atoms with Gasteiger partial charge in [-0.15, -0.1) is 0 Å². The van der Waals surface area contributed by atoms with Crippen LogP contribution in [0.15, 0.2) is 18.2 Å². The van der Waals surface area contributed by atoms with Gasteiger partial charge in [0.2, 0.25) is 0 Å². The molecule has 3 nitrogen and oxygen atoms in total. The molecule has 3 heteroatoms. The Balaban J connectivity index is 2.10. The van der Waals surface area contributed by atoms with Crippen molar-refractivity contribution in [3.63, 3.8) is 0 Å². The molecular formula is C14H22N2O. The van der Waals surface area contributed by atoms with Gasteiger partial charge in [0.15, 0.2) is 0 Å². The van der Waals surface area contributed by atoms with E-state index in [2.05, 4.69) is 30.9 Å². The van der Waals surface area contributed by atoms with Crippen molar-refractivity contribution in [2.45, 2.75) is 26.4 Å². The first-order valence-electron chi connectivity index (χ1n) is 6.21. The van der Waals surface area contributed by atoms with Crippen LogP contribution in [0.2, 0.25) is 0 Å². The predicted octanol–water partition coefficient (Wildman–Crippen LogP) is 1.78. The number of benzene rings is 1. The van der Waals surface area contributed by atoms with Crippen LogP contribution in [-0.2, 0) is 6.54 Å². The van der Waals surface area contributed by atoms with Crippen LogP contribution in [0.4, 0.5) is 0 Å². The van der Waals surface area contributed by atoms with Gasteiger partial charge in [-0.3, -0.25) is 4.90 Å². The number of rotatable bonds is 3. The van der Waals surface area contributed by atoms with E-state index in [1.165, 1.54) is 11.1 Å². The lowest BCUT2D eigenvalue weighted by molar-refractivity contribution is 0.310. The third-order valence-corrected chi connectivity index (χ3v) is 3.58. The van der Waals surface area contributed by atoms with Crippen molar-refractivity contribution in [1.82, 2.24) is 4.90 Å². The predicted molar refractivity (Wildman–Crippen MR) is 70.1 cm³/mol. The fraction of sp³-hybridized carbons (Fsp3) is 0.571. The highest BCUT2D eigenvalue weighted by molar-refractivity contribution is 5.36. The summed E-state index contributed by atoms with van der Waals surface area (Å²) in [6, 6.07) is 6.64. The Bertz CT molecular complexity index is 382. The van der Waals surface area contributed by atoms with Crippen molar-refractivity contribution in [3.8, 4) is 5.75 Å². The van der Waals surface area contributed by atoms with Gasteiger partial charge >= 0.3 is 0 Å². The summed E-state index contributed by atoms with van der Waals surface area (Å²) in [7, 11) is 1.73. The van der Waals surface area contributed by atoms with Gasteiger partial charge in [0.25, 0.3) is 0 Å². The van der Waals surface area contributed by atoms with Crippen molar-refractivity contribution >= 4 is 0 Å². The van der Waals surface area contributed by atoms with Crippen molar-refractivity contribution in [2.24, 2.45) is 11.7 Å². The first-order chi connectivity index (χ1) is 8.10. The summed E-state index contributed by atoms with van der Waals surface area (Å²) in [5, 5.41) is 0. The maximum atomic E-state index is 6.05. The number of likely N-dealkylation sites (tertiary alicyclic amines) is 1. The molecule has 17 heavy (non-hydrogen) atoms. The van der Waals surface area contributed by atoms with E-state index >= 15 is 0 Å². The van der Waals surface area contributed by atoms with Crippen molar-refractivity contribution in [3.05, 3.63) is 29.3 Å². The molecule has 1 fully saturated rings. The molecule has 2 atom stereocenters. The second-order valence-corrected chi connectivity index (χ2v) is 5.15. The molecule has 1 saturated heterocycles. The highest BCUT2D eigenvalue weighted by atomic mass is 16.5. The lowest BCUT2D eigenvalue weighted by atomic mass is 10.1. The summed E-state index contributed by atoms with van der Waals surface area (Å²) < 4.78 is 5.41. The molecule has 0 radical (unpaired) electrons. The van der Waals surface area contributed by atoms with E-state index in [1.54, 1.807) is 7.11 Å². The van der Waals surface area contributed by atoms with Crippen LogP contribution in [0.1, 0.15) is 18.1 Å². The van der Waals surface area contributed by atoms with Crippen LogP contribution in [0, 0.1) is 12.8 Å². The Labute approximate surface area is 104 Å². The fourth-order valence-corrected chi connectivity index (χ4v) is 2.50. The fourth-order valence-electron chi connectivity index (χ4n) is 2.50. The smallest absolute Gasteiger partial charge is 0.123 e. The van der Waals surface area contributed by atoms with Crippen LogP contribution in [0.5, 0.6) is 5.75 Å². The van der Waals surface area contributed by atoms with Gasteiger partial charge in [0.1, 0.15) is 5.75 Å². The number of nitrogens with two attached hydrogens (primary N) is 1. The lowest BCUT2D eigenvalue weighted by Gasteiger charge is -2.17. The summed E-state index contributed by atoms with van der Waals surface area (Å²) in [6.45, 7) is 7.33. The molecule has 0 amide bonds. The number of aryl methyl sites for hydroxylation is 1. The molecule has 0 aromatic heterocycles. The van der Waals surface area contributed by atoms with Crippen molar-refractivity contribution in [1.29, 1.82) is 0 Å². The highest BCUT2D eigenvalue weighted by Crippen LogP contribution is 2.24. The summed E-state index contributed by atoms with van der Waals surface area (Å²) in [5.74, 6) is 1.56. The standard InChI is InChI=1S/C14H22N2O/c1-10-4-5-14(17-3)12(6-10)8-16-7-11(2)13(15)9-16/h4-6,11,13H,7-9,15H2,1-3H3.